The normalized spacial score (nSPS) is 15.2. The van der Waals surface area contributed by atoms with Crippen LogP contribution in [0, 0.1) is 13.8 Å². The highest BCUT2D eigenvalue weighted by Gasteiger charge is 2.23. The molecule has 0 aliphatic carbocycles. The zero-order valence-electron chi connectivity index (χ0n) is 12.7. The molecule has 1 aliphatic rings. The average molecular weight is 336 g/mol. The lowest BCUT2D eigenvalue weighted by Gasteiger charge is -2.36. The number of carbonyl (C=O) groups is 1. The van der Waals surface area contributed by atoms with Gasteiger partial charge in [-0.15, -0.1) is 11.3 Å². The van der Waals surface area contributed by atoms with Crippen molar-refractivity contribution in [2.45, 2.75) is 13.8 Å². The fourth-order valence-electron chi connectivity index (χ4n) is 2.75. The van der Waals surface area contributed by atoms with Crippen LogP contribution in [0.2, 0.25) is 4.34 Å². The maximum atomic E-state index is 12.4. The number of hydrogen-bond donors (Lipinski definition) is 0. The minimum Gasteiger partial charge on any atom is -0.368 e. The van der Waals surface area contributed by atoms with Crippen LogP contribution in [0.1, 0.15) is 21.1 Å². The number of halogens is 1. The number of aromatic nitrogens is 1. The highest BCUT2D eigenvalue weighted by atomic mass is 35.5. The highest BCUT2D eigenvalue weighted by Crippen LogP contribution is 2.24. The minimum absolute atomic E-state index is 0.0821. The molecule has 2 aromatic rings. The van der Waals surface area contributed by atoms with Crippen LogP contribution in [-0.2, 0) is 0 Å². The van der Waals surface area contributed by atoms with Gasteiger partial charge in [-0.25, -0.2) is 0 Å². The Bertz CT molecular complexity index is 672. The van der Waals surface area contributed by atoms with Gasteiger partial charge in [0.2, 0.25) is 0 Å². The second-order valence-corrected chi connectivity index (χ2v) is 7.21. The quantitative estimate of drug-likeness (QED) is 0.844. The Kier molecular flexibility index (Phi) is 4.36. The van der Waals surface area contributed by atoms with Crippen molar-refractivity contribution in [2.24, 2.45) is 0 Å². The Morgan fingerprint density at radius 2 is 1.77 bits per heavy atom. The Labute approximate surface area is 139 Å². The second-order valence-electron chi connectivity index (χ2n) is 5.49. The van der Waals surface area contributed by atoms with Crippen LogP contribution < -0.4 is 4.90 Å². The third-order valence-electron chi connectivity index (χ3n) is 3.78. The maximum absolute atomic E-state index is 12.4. The van der Waals surface area contributed by atoms with E-state index >= 15 is 0 Å². The molecule has 0 radical (unpaired) electrons. The third-order valence-corrected chi connectivity index (χ3v) is 5.00. The summed E-state index contributed by atoms with van der Waals surface area (Å²) in [5.41, 5.74) is 3.25. The van der Waals surface area contributed by atoms with E-state index in [2.05, 4.69) is 22.0 Å². The summed E-state index contributed by atoms with van der Waals surface area (Å²) in [6.07, 6.45) is 0. The summed E-state index contributed by atoms with van der Waals surface area (Å²) in [6, 6.07) is 7.78. The molecule has 1 saturated heterocycles. The topological polar surface area (TPSA) is 36.4 Å². The number of pyridine rings is 1. The van der Waals surface area contributed by atoms with Crippen molar-refractivity contribution < 1.29 is 4.79 Å². The zero-order chi connectivity index (χ0) is 15.7. The van der Waals surface area contributed by atoms with Gasteiger partial charge in [0.25, 0.3) is 5.91 Å². The van der Waals surface area contributed by atoms with Gasteiger partial charge in [-0.2, -0.15) is 0 Å². The molecule has 1 aliphatic heterocycles. The SMILES string of the molecule is Cc1cc(N2CCN(C(=O)c3ccc(Cl)s3)CC2)cc(C)n1. The van der Waals surface area contributed by atoms with Gasteiger partial charge in [-0.1, -0.05) is 11.6 Å². The van der Waals surface area contributed by atoms with Crippen LogP contribution in [0.5, 0.6) is 0 Å². The Balaban J connectivity index is 1.66. The smallest absolute Gasteiger partial charge is 0.264 e. The number of aryl methyl sites for hydroxylation is 2. The number of rotatable bonds is 2. The molecule has 0 saturated carbocycles. The fraction of sp³-hybridized carbons (Fsp3) is 0.375. The lowest BCUT2D eigenvalue weighted by atomic mass is 10.2. The van der Waals surface area contributed by atoms with Crippen molar-refractivity contribution in [3.63, 3.8) is 0 Å². The van der Waals surface area contributed by atoms with Crippen molar-refractivity contribution in [2.75, 3.05) is 31.1 Å². The van der Waals surface area contributed by atoms with Crippen LogP contribution >= 0.6 is 22.9 Å². The van der Waals surface area contributed by atoms with Crippen molar-refractivity contribution in [1.82, 2.24) is 9.88 Å². The number of carbonyl (C=O) groups excluding carboxylic acids is 1. The van der Waals surface area contributed by atoms with Gasteiger partial charge < -0.3 is 9.80 Å². The van der Waals surface area contributed by atoms with Gasteiger partial charge in [0.1, 0.15) is 0 Å². The van der Waals surface area contributed by atoms with E-state index in [1.54, 1.807) is 12.1 Å². The molecule has 22 heavy (non-hydrogen) atoms. The number of hydrogen-bond acceptors (Lipinski definition) is 4. The lowest BCUT2D eigenvalue weighted by Crippen LogP contribution is -2.48. The summed E-state index contributed by atoms with van der Waals surface area (Å²) in [4.78, 5) is 21.8. The second kappa shape index (κ2) is 6.26. The third kappa shape index (κ3) is 3.25. The van der Waals surface area contributed by atoms with Gasteiger partial charge >= 0.3 is 0 Å². The Morgan fingerprint density at radius 3 is 2.32 bits per heavy atom. The molecule has 0 aromatic carbocycles. The Morgan fingerprint density at radius 1 is 1.14 bits per heavy atom. The molecular formula is C16H18ClN3OS. The molecule has 0 bridgehead atoms. The van der Waals surface area contributed by atoms with Gasteiger partial charge in [-0.05, 0) is 38.1 Å². The molecule has 0 unspecified atom stereocenters. The first-order valence-electron chi connectivity index (χ1n) is 7.28. The lowest BCUT2D eigenvalue weighted by molar-refractivity contribution is 0.0751. The van der Waals surface area contributed by atoms with Gasteiger partial charge in [-0.3, -0.25) is 9.78 Å². The molecular weight excluding hydrogens is 318 g/mol. The summed E-state index contributed by atoms with van der Waals surface area (Å²) in [5, 5.41) is 0. The van der Waals surface area contributed by atoms with Crippen molar-refractivity contribution in [3.8, 4) is 0 Å². The summed E-state index contributed by atoms with van der Waals surface area (Å²) < 4.78 is 0.657. The summed E-state index contributed by atoms with van der Waals surface area (Å²) >= 11 is 7.25. The van der Waals surface area contributed by atoms with E-state index in [9.17, 15) is 4.79 Å². The highest BCUT2D eigenvalue weighted by molar-refractivity contribution is 7.17. The van der Waals surface area contributed by atoms with E-state index in [0.717, 1.165) is 37.6 Å². The first-order valence-corrected chi connectivity index (χ1v) is 8.47. The predicted molar refractivity (Wildman–Crippen MR) is 91.2 cm³/mol. The van der Waals surface area contributed by atoms with Crippen molar-refractivity contribution >= 4 is 34.5 Å². The number of piperazine rings is 1. The standard InChI is InChI=1S/C16H18ClN3OS/c1-11-9-13(10-12(2)18-11)19-5-7-20(8-6-19)16(21)14-3-4-15(17)22-14/h3-4,9-10H,5-8H2,1-2H3. The molecule has 1 amide bonds. The molecule has 3 rings (SSSR count). The number of nitrogens with zero attached hydrogens (tertiary/aromatic N) is 3. The van der Waals surface area contributed by atoms with Crippen LogP contribution in [0.4, 0.5) is 5.69 Å². The van der Waals surface area contributed by atoms with Gasteiger partial charge in [0.05, 0.1) is 9.21 Å². The van der Waals surface area contributed by atoms with E-state index in [1.165, 1.54) is 17.0 Å². The molecule has 2 aromatic heterocycles. The maximum Gasteiger partial charge on any atom is 0.264 e. The molecule has 0 N–H and O–H groups in total. The van der Waals surface area contributed by atoms with E-state index in [0.29, 0.717) is 9.21 Å². The molecule has 0 atom stereocenters. The first-order chi connectivity index (χ1) is 10.5. The minimum atomic E-state index is 0.0821. The van der Waals surface area contributed by atoms with Crippen LogP contribution in [0.25, 0.3) is 0 Å². The summed E-state index contributed by atoms with van der Waals surface area (Å²) in [7, 11) is 0. The van der Waals surface area contributed by atoms with Crippen LogP contribution in [0.3, 0.4) is 0 Å². The summed E-state index contributed by atoms with van der Waals surface area (Å²) in [5.74, 6) is 0.0821. The fourth-order valence-corrected chi connectivity index (χ4v) is 3.76. The van der Waals surface area contributed by atoms with E-state index in [4.69, 9.17) is 11.6 Å². The predicted octanol–water partition coefficient (Wildman–Crippen LogP) is 3.38. The van der Waals surface area contributed by atoms with Crippen LogP contribution in [0.15, 0.2) is 24.3 Å². The first kappa shape index (κ1) is 15.3. The molecule has 4 nitrogen and oxygen atoms in total. The van der Waals surface area contributed by atoms with Crippen molar-refractivity contribution in [1.29, 1.82) is 0 Å². The summed E-state index contributed by atoms with van der Waals surface area (Å²) in [6.45, 7) is 7.17. The largest absolute Gasteiger partial charge is 0.368 e. The van der Waals surface area contributed by atoms with Crippen molar-refractivity contribution in [3.05, 3.63) is 44.9 Å². The molecule has 1 fully saturated rings. The number of anilines is 1. The van der Waals surface area contributed by atoms with Gasteiger partial charge in [0, 0.05) is 43.3 Å². The van der Waals surface area contributed by atoms with Gasteiger partial charge in [0.15, 0.2) is 0 Å². The number of amides is 1. The Hall–Kier alpha value is -1.59. The molecule has 6 heteroatoms. The van der Waals surface area contributed by atoms with E-state index in [-0.39, 0.29) is 5.91 Å². The monoisotopic (exact) mass is 335 g/mol. The molecule has 0 spiro atoms. The van der Waals surface area contributed by atoms with E-state index < -0.39 is 0 Å². The zero-order valence-corrected chi connectivity index (χ0v) is 14.2. The molecule has 116 valence electrons. The van der Waals surface area contributed by atoms with E-state index in [1.807, 2.05) is 18.7 Å². The average Bonchev–Trinajstić information content (AvgIpc) is 2.92. The molecule has 3 heterocycles. The van der Waals surface area contributed by atoms with Crippen LogP contribution in [-0.4, -0.2) is 42.0 Å². The number of thiophene rings is 1.